The Balaban J connectivity index is -0.000000966. The summed E-state index contributed by atoms with van der Waals surface area (Å²) in [5.74, 6) is 1.77. The van der Waals surface area contributed by atoms with Crippen molar-refractivity contribution >= 4 is 57.8 Å². The van der Waals surface area contributed by atoms with Crippen molar-refractivity contribution in [3.8, 4) is 0 Å². The molecule has 11 heteroatoms. The molecular formula is C44H92O4P2S4Zn. The molecule has 0 bridgehead atoms. The summed E-state index contributed by atoms with van der Waals surface area (Å²) in [6, 6.07) is 0. The first-order valence-electron chi connectivity index (χ1n) is 23.4. The minimum Gasteiger partial charge on any atom is -0.793 e. The van der Waals surface area contributed by atoms with E-state index in [0.717, 1.165) is 37.2 Å². The monoisotopic (exact) mass is 938 g/mol. The number of hydrogen-bond donors (Lipinski definition) is 0. The fraction of sp³-hybridized carbons (Fsp3) is 1.00. The zero-order valence-electron chi connectivity index (χ0n) is 37.2. The predicted molar refractivity (Wildman–Crippen MR) is 254 cm³/mol. The Labute approximate surface area is 376 Å². The summed E-state index contributed by atoms with van der Waals surface area (Å²) in [7, 11) is 0. The average molecular weight is 941 g/mol. The Hall–Kier alpha value is 2.46. The number of rotatable bonds is 44. The Morgan fingerprint density at radius 3 is 0.727 bits per heavy atom. The third-order valence-electron chi connectivity index (χ3n) is 9.99. The van der Waals surface area contributed by atoms with E-state index < -0.39 is 11.4 Å². The minimum absolute atomic E-state index is 0. The molecule has 328 valence electrons. The van der Waals surface area contributed by atoms with Crippen molar-refractivity contribution in [1.82, 2.24) is 0 Å². The zero-order valence-corrected chi connectivity index (χ0v) is 45.2. The summed E-state index contributed by atoms with van der Waals surface area (Å²) in [5, 5.41) is 0. The summed E-state index contributed by atoms with van der Waals surface area (Å²) < 4.78 is 11.0. The van der Waals surface area contributed by atoms with Crippen LogP contribution in [0.1, 0.15) is 259 Å². The van der Waals surface area contributed by atoms with Crippen molar-refractivity contribution in [2.24, 2.45) is 0 Å². The largest absolute Gasteiger partial charge is 2.00 e. The van der Waals surface area contributed by atoms with E-state index in [0.29, 0.717) is 13.2 Å². The maximum absolute atomic E-state index is 12.2. The molecule has 2 unspecified atom stereocenters. The molecular weight excluding hydrogens is 848 g/mol. The second-order valence-corrected chi connectivity index (χ2v) is 27.9. The van der Waals surface area contributed by atoms with Gasteiger partial charge in [-0.1, -0.05) is 257 Å². The molecule has 0 aromatic carbocycles. The van der Waals surface area contributed by atoms with Crippen LogP contribution in [0.15, 0.2) is 0 Å². The molecule has 0 spiro atoms. The van der Waals surface area contributed by atoms with Crippen LogP contribution in [0, 0.1) is 0 Å². The van der Waals surface area contributed by atoms with E-state index >= 15 is 0 Å². The van der Waals surface area contributed by atoms with Crippen LogP contribution in [0.5, 0.6) is 0 Å². The van der Waals surface area contributed by atoms with E-state index in [4.69, 9.17) is 32.7 Å². The summed E-state index contributed by atoms with van der Waals surface area (Å²) in [6.07, 6.45) is 46.8. The van der Waals surface area contributed by atoms with Crippen LogP contribution in [0.4, 0.5) is 0 Å². The molecule has 0 aliphatic rings. The number of unbranched alkanes of at least 4 members (excludes halogenated alkanes) is 32. The maximum Gasteiger partial charge on any atom is 2.00 e. The van der Waals surface area contributed by atoms with Crippen molar-refractivity contribution in [3.63, 3.8) is 0 Å². The molecule has 0 fully saturated rings. The van der Waals surface area contributed by atoms with E-state index in [1.54, 1.807) is 0 Å². The van der Waals surface area contributed by atoms with Gasteiger partial charge in [0, 0.05) is 11.4 Å². The molecule has 4 nitrogen and oxygen atoms in total. The van der Waals surface area contributed by atoms with E-state index in [-0.39, 0.29) is 19.5 Å². The minimum atomic E-state index is -2.84. The Morgan fingerprint density at radius 2 is 0.509 bits per heavy atom. The summed E-state index contributed by atoms with van der Waals surface area (Å²) in [4.78, 5) is 24.5. The van der Waals surface area contributed by atoms with E-state index in [1.807, 2.05) is 0 Å². The van der Waals surface area contributed by atoms with E-state index in [9.17, 15) is 9.79 Å². The molecule has 0 aromatic heterocycles. The van der Waals surface area contributed by atoms with Gasteiger partial charge in [0.1, 0.15) is 0 Å². The third kappa shape index (κ3) is 56.5. The fourth-order valence-electron chi connectivity index (χ4n) is 6.43. The first-order valence-corrected chi connectivity index (χ1v) is 31.9. The van der Waals surface area contributed by atoms with Gasteiger partial charge in [-0.05, 0) is 37.2 Å². The molecule has 0 aromatic rings. The van der Waals surface area contributed by atoms with Gasteiger partial charge in [0.25, 0.3) is 0 Å². The zero-order chi connectivity index (χ0) is 40.1. The molecule has 0 aliphatic heterocycles. The third-order valence-corrected chi connectivity index (χ3v) is 18.7. The maximum atomic E-state index is 12.2. The first-order chi connectivity index (χ1) is 26.2. The van der Waals surface area contributed by atoms with Crippen LogP contribution in [0.2, 0.25) is 0 Å². The van der Waals surface area contributed by atoms with Crippen LogP contribution in [0.3, 0.4) is 0 Å². The predicted octanol–water partition coefficient (Wildman–Crippen LogP) is 16.8. The quantitative estimate of drug-likeness (QED) is 0.0340. The van der Waals surface area contributed by atoms with Gasteiger partial charge in [-0.25, -0.2) is 0 Å². The van der Waals surface area contributed by atoms with Gasteiger partial charge in [0.15, 0.2) is 0 Å². The molecule has 0 saturated carbocycles. The molecule has 0 aliphatic carbocycles. The fourth-order valence-corrected chi connectivity index (χ4v) is 13.2. The van der Waals surface area contributed by atoms with Gasteiger partial charge in [-0.15, -0.1) is 22.8 Å². The average Bonchev–Trinajstić information content (AvgIpc) is 3.15. The summed E-state index contributed by atoms with van der Waals surface area (Å²) in [5.41, 5.74) is -5.68. The van der Waals surface area contributed by atoms with Crippen molar-refractivity contribution in [2.75, 3.05) is 24.7 Å². The van der Waals surface area contributed by atoms with Crippen molar-refractivity contribution in [2.45, 2.75) is 259 Å². The summed E-state index contributed by atoms with van der Waals surface area (Å²) >= 11 is 13.1. The van der Waals surface area contributed by atoms with E-state index in [2.05, 4.69) is 27.7 Å². The molecule has 0 heterocycles. The van der Waals surface area contributed by atoms with Crippen molar-refractivity contribution in [3.05, 3.63) is 0 Å². The molecule has 0 N–H and O–H groups in total. The normalized spacial score (nSPS) is 13.5. The summed E-state index contributed by atoms with van der Waals surface area (Å²) in [6.45, 7) is 10.2. The van der Waals surface area contributed by atoms with Crippen molar-refractivity contribution in [1.29, 1.82) is 0 Å². The van der Waals surface area contributed by atoms with Gasteiger partial charge in [0.2, 0.25) is 0 Å². The first kappa shape index (κ1) is 61.8. The molecule has 0 radical (unpaired) electrons. The van der Waals surface area contributed by atoms with Crippen LogP contribution < -0.4 is 9.79 Å². The van der Waals surface area contributed by atoms with Crippen molar-refractivity contribution < 1.29 is 38.3 Å². The van der Waals surface area contributed by atoms with Gasteiger partial charge < -0.3 is 18.8 Å². The van der Waals surface area contributed by atoms with Gasteiger partial charge in [-0.3, -0.25) is 0 Å². The molecule has 2 atom stereocenters. The SMILES string of the molecule is CCCCCCCCCCCOP([O-])(=S)SCCCCCCCCCCC.CCCCCCCCCCCOP([O-])(=S)SCCCCCCCCCCC.[Zn+2]. The molecule has 0 rings (SSSR count). The second-order valence-electron chi connectivity index (χ2n) is 15.5. The second kappa shape index (κ2) is 50.8. The van der Waals surface area contributed by atoms with E-state index in [1.165, 1.54) is 228 Å². The van der Waals surface area contributed by atoms with Gasteiger partial charge >= 0.3 is 19.5 Å². The van der Waals surface area contributed by atoms with Crippen LogP contribution in [-0.4, -0.2) is 24.7 Å². The Kier molecular flexibility index (Phi) is 57.1. The van der Waals surface area contributed by atoms with Gasteiger partial charge in [0.05, 0.1) is 13.2 Å². The Bertz CT molecular complexity index is 696. The number of hydrogen-bond acceptors (Lipinski definition) is 8. The van der Waals surface area contributed by atoms with Crippen LogP contribution >= 0.6 is 34.2 Å². The molecule has 0 amide bonds. The molecule has 55 heavy (non-hydrogen) atoms. The smallest absolute Gasteiger partial charge is 0.793 e. The Morgan fingerprint density at radius 1 is 0.327 bits per heavy atom. The van der Waals surface area contributed by atoms with Crippen LogP contribution in [0.25, 0.3) is 0 Å². The van der Waals surface area contributed by atoms with Crippen LogP contribution in [-0.2, 0) is 52.1 Å². The topological polar surface area (TPSA) is 64.6 Å². The van der Waals surface area contributed by atoms with Gasteiger partial charge in [-0.2, -0.15) is 0 Å². The molecule has 0 saturated heterocycles. The standard InChI is InChI=1S/2C22H47O2PS2.Zn/c2*1-3-5-7-9-11-13-15-17-19-21-24-25(23,26)27-22-20-18-16-14-12-10-8-6-4-2;/h2*3-22H2,1-2H3,(H,23,26);/q;;+2/p-2.